The summed E-state index contributed by atoms with van der Waals surface area (Å²) in [6, 6.07) is 9.25. The third-order valence-corrected chi connectivity index (χ3v) is 11.7. The van der Waals surface area contributed by atoms with E-state index in [0.717, 1.165) is 19.3 Å². The number of nitrogens with zero attached hydrogens (tertiary/aromatic N) is 5. The van der Waals surface area contributed by atoms with Crippen molar-refractivity contribution < 1.29 is 27.1 Å². The number of ether oxygens (including phenoxy) is 1. The maximum Gasteiger partial charge on any atom is 0.285 e. The van der Waals surface area contributed by atoms with E-state index in [0.29, 0.717) is 73.2 Å². The Labute approximate surface area is 274 Å². The van der Waals surface area contributed by atoms with E-state index in [4.69, 9.17) is 4.74 Å². The van der Waals surface area contributed by atoms with Crippen molar-refractivity contribution in [3.05, 3.63) is 65.9 Å². The maximum atomic E-state index is 15.1. The number of aromatic nitrogens is 3. The molecule has 2 aromatic heterocycles. The van der Waals surface area contributed by atoms with Crippen molar-refractivity contribution >= 4 is 27.7 Å². The first-order valence-corrected chi connectivity index (χ1v) is 18.0. The van der Waals surface area contributed by atoms with Crippen LogP contribution in [0.4, 0.5) is 10.2 Å². The van der Waals surface area contributed by atoms with Crippen molar-refractivity contribution in [2.75, 3.05) is 43.4 Å². The fourth-order valence-electron chi connectivity index (χ4n) is 8.73. The van der Waals surface area contributed by atoms with E-state index in [-0.39, 0.29) is 28.3 Å². The molecule has 0 atom stereocenters. The molecule has 1 aromatic carbocycles. The molecule has 1 saturated heterocycles. The van der Waals surface area contributed by atoms with Crippen LogP contribution >= 0.6 is 0 Å². The molecule has 0 radical (unpaired) electrons. The van der Waals surface area contributed by atoms with Gasteiger partial charge in [0.2, 0.25) is 10.0 Å². The molecule has 1 N–H and O–H groups in total. The number of hydrogen-bond donors (Lipinski definition) is 1. The third kappa shape index (κ3) is 6.67. The molecule has 248 valence electrons. The number of pyridine rings is 1. The van der Waals surface area contributed by atoms with Gasteiger partial charge >= 0.3 is 0 Å². The average Bonchev–Trinajstić information content (AvgIpc) is 3.03. The van der Waals surface area contributed by atoms with Crippen LogP contribution in [0.15, 0.2) is 48.8 Å². The SMILES string of the molecule is CCOc1cncc(-c2ccc(C(=O)N3CCN(c4ccc(C(=O)NS(=O)(=O)CC56CC7CC(CC(C7)C5)C6)nn4)CC3)cc2F)c1. The summed E-state index contributed by atoms with van der Waals surface area (Å²) in [5, 5.41) is 8.21. The number of carbonyl (C=O) groups is 2. The third-order valence-electron chi connectivity index (χ3n) is 10.2. The largest absolute Gasteiger partial charge is 0.492 e. The monoisotopic (exact) mass is 662 g/mol. The molecule has 3 aromatic rings. The summed E-state index contributed by atoms with van der Waals surface area (Å²) in [6.07, 6.45) is 9.59. The lowest BCUT2D eigenvalue weighted by Crippen LogP contribution is -2.51. The normalized spacial score (nSPS) is 25.1. The fourth-order valence-corrected chi connectivity index (χ4v) is 10.3. The second-order valence-electron chi connectivity index (χ2n) is 13.7. The Morgan fingerprint density at radius 3 is 2.28 bits per heavy atom. The number of nitrogens with one attached hydrogen (secondary N) is 1. The number of halogens is 1. The molecule has 5 aliphatic rings. The molecule has 5 fully saturated rings. The van der Waals surface area contributed by atoms with Crippen LogP contribution in [0.3, 0.4) is 0 Å². The van der Waals surface area contributed by atoms with Crippen LogP contribution in [0.25, 0.3) is 11.1 Å². The van der Waals surface area contributed by atoms with Gasteiger partial charge in [0.15, 0.2) is 11.5 Å². The van der Waals surface area contributed by atoms with E-state index in [1.165, 1.54) is 31.4 Å². The van der Waals surface area contributed by atoms with Gasteiger partial charge in [-0.3, -0.25) is 14.6 Å². The predicted octanol–water partition coefficient (Wildman–Crippen LogP) is 4.31. The van der Waals surface area contributed by atoms with Gasteiger partial charge in [-0.2, -0.15) is 0 Å². The Morgan fingerprint density at radius 1 is 0.957 bits per heavy atom. The van der Waals surface area contributed by atoms with Crippen molar-refractivity contribution in [3.8, 4) is 16.9 Å². The van der Waals surface area contributed by atoms with E-state index in [1.54, 1.807) is 41.6 Å². The van der Waals surface area contributed by atoms with E-state index >= 15 is 4.39 Å². The molecule has 4 bridgehead atoms. The van der Waals surface area contributed by atoms with Gasteiger partial charge in [-0.05, 0) is 98.9 Å². The van der Waals surface area contributed by atoms with Crippen molar-refractivity contribution in [1.29, 1.82) is 0 Å². The van der Waals surface area contributed by atoms with Crippen LogP contribution in [-0.4, -0.2) is 78.9 Å². The first-order chi connectivity index (χ1) is 22.6. The van der Waals surface area contributed by atoms with Gasteiger partial charge in [0.05, 0.1) is 18.6 Å². The number of anilines is 1. The smallest absolute Gasteiger partial charge is 0.285 e. The molecule has 0 unspecified atom stereocenters. The summed E-state index contributed by atoms with van der Waals surface area (Å²) in [5.74, 6) is 1.33. The second-order valence-corrected chi connectivity index (χ2v) is 15.4. The van der Waals surface area contributed by atoms with Crippen molar-refractivity contribution in [1.82, 2.24) is 24.8 Å². The average molecular weight is 663 g/mol. The number of piperazine rings is 1. The van der Waals surface area contributed by atoms with Crippen LogP contribution in [0.2, 0.25) is 0 Å². The molecule has 11 nitrogen and oxygen atoms in total. The van der Waals surface area contributed by atoms with Gasteiger partial charge < -0.3 is 14.5 Å². The van der Waals surface area contributed by atoms with Crippen LogP contribution in [-0.2, 0) is 10.0 Å². The lowest BCUT2D eigenvalue weighted by molar-refractivity contribution is -0.0391. The summed E-state index contributed by atoms with van der Waals surface area (Å²) in [7, 11) is -3.83. The molecule has 4 saturated carbocycles. The summed E-state index contributed by atoms with van der Waals surface area (Å²) in [6.45, 7) is 4.02. The summed E-state index contributed by atoms with van der Waals surface area (Å²) in [5.41, 5.74) is 0.858. The number of amides is 2. The second kappa shape index (κ2) is 12.5. The van der Waals surface area contributed by atoms with Crippen LogP contribution in [0.5, 0.6) is 5.75 Å². The minimum absolute atomic E-state index is 0.0135. The Morgan fingerprint density at radius 2 is 1.66 bits per heavy atom. The molecule has 8 rings (SSSR count). The first-order valence-electron chi connectivity index (χ1n) is 16.4. The number of rotatable bonds is 9. The molecule has 1 aliphatic heterocycles. The van der Waals surface area contributed by atoms with E-state index < -0.39 is 21.7 Å². The van der Waals surface area contributed by atoms with Crippen LogP contribution in [0.1, 0.15) is 66.3 Å². The van der Waals surface area contributed by atoms with Gasteiger partial charge in [0.25, 0.3) is 11.8 Å². The van der Waals surface area contributed by atoms with Gasteiger partial charge in [-0.25, -0.2) is 17.5 Å². The van der Waals surface area contributed by atoms with E-state index in [1.807, 2.05) is 11.8 Å². The molecule has 47 heavy (non-hydrogen) atoms. The molecular formula is C34H39FN6O5S. The summed E-state index contributed by atoms with van der Waals surface area (Å²) < 4.78 is 49.0. The lowest BCUT2D eigenvalue weighted by atomic mass is 9.50. The van der Waals surface area contributed by atoms with Gasteiger partial charge in [0.1, 0.15) is 11.6 Å². The van der Waals surface area contributed by atoms with Crippen molar-refractivity contribution in [3.63, 3.8) is 0 Å². The van der Waals surface area contributed by atoms with Gasteiger partial charge in [0, 0.05) is 49.1 Å². The summed E-state index contributed by atoms with van der Waals surface area (Å²) >= 11 is 0. The number of sulfonamides is 1. The van der Waals surface area contributed by atoms with E-state index in [9.17, 15) is 18.0 Å². The quantitative estimate of drug-likeness (QED) is 0.356. The Balaban J connectivity index is 0.929. The van der Waals surface area contributed by atoms with E-state index in [2.05, 4.69) is 19.9 Å². The topological polar surface area (TPSA) is 135 Å². The highest BCUT2D eigenvalue weighted by Crippen LogP contribution is 2.60. The highest BCUT2D eigenvalue weighted by molar-refractivity contribution is 7.90. The Hall–Kier alpha value is -4.13. The zero-order valence-corrected chi connectivity index (χ0v) is 27.2. The molecule has 0 spiro atoms. The molecular weight excluding hydrogens is 623 g/mol. The Kier molecular flexibility index (Phi) is 8.35. The molecule has 4 aliphatic carbocycles. The Bertz CT molecular complexity index is 1740. The summed E-state index contributed by atoms with van der Waals surface area (Å²) in [4.78, 5) is 33.8. The minimum atomic E-state index is -3.83. The molecule has 2 amide bonds. The van der Waals surface area contributed by atoms with Gasteiger partial charge in [-0.15, -0.1) is 10.2 Å². The fraction of sp³-hybridized carbons (Fsp3) is 0.500. The highest BCUT2D eigenvalue weighted by Gasteiger charge is 2.52. The number of hydrogen-bond acceptors (Lipinski definition) is 9. The van der Waals surface area contributed by atoms with Gasteiger partial charge in [-0.1, -0.05) is 6.07 Å². The molecule has 13 heteroatoms. The van der Waals surface area contributed by atoms with Crippen LogP contribution in [0, 0.1) is 29.0 Å². The maximum absolute atomic E-state index is 15.1. The van der Waals surface area contributed by atoms with Crippen molar-refractivity contribution in [2.24, 2.45) is 23.2 Å². The minimum Gasteiger partial charge on any atom is -0.492 e. The van der Waals surface area contributed by atoms with Crippen LogP contribution < -0.4 is 14.4 Å². The van der Waals surface area contributed by atoms with Crippen molar-refractivity contribution in [2.45, 2.75) is 45.4 Å². The zero-order valence-electron chi connectivity index (χ0n) is 26.4. The predicted molar refractivity (Wildman–Crippen MR) is 173 cm³/mol. The first kappa shape index (κ1) is 31.5. The molecule has 3 heterocycles. The number of carbonyl (C=O) groups excluding carboxylic acids is 2. The number of benzene rings is 1. The lowest BCUT2D eigenvalue weighted by Gasteiger charge is -2.56. The zero-order chi connectivity index (χ0) is 32.8. The highest BCUT2D eigenvalue weighted by atomic mass is 32.2. The standard InChI is InChI=1S/C34H39FN6O5S/c1-2-46-27-14-26(19-36-20-27)28-4-3-25(15-29(28)35)33(43)41-9-7-40(8-10-41)31-6-5-30(37-38-31)32(42)39-47(44,45)21-34-16-22-11-23(17-34)13-24(12-22)18-34/h3-6,14-15,19-20,22-24H,2,7-13,16-18,21H2,1H3,(H,39,42).